The summed E-state index contributed by atoms with van der Waals surface area (Å²) in [6, 6.07) is 11.3. The molecule has 0 aliphatic heterocycles. The molecule has 0 unspecified atom stereocenters. The lowest BCUT2D eigenvalue weighted by Gasteiger charge is -2.12. The molecule has 2 aromatic carbocycles. The Morgan fingerprint density at radius 2 is 1.93 bits per heavy atom. The molecule has 160 valence electrons. The van der Waals surface area contributed by atoms with Gasteiger partial charge < -0.3 is 24.8 Å². The summed E-state index contributed by atoms with van der Waals surface area (Å²) in [5, 5.41) is 5.45. The molecule has 2 amide bonds. The van der Waals surface area contributed by atoms with Crippen LogP contribution in [0, 0.1) is 5.92 Å². The third-order valence-corrected chi connectivity index (χ3v) is 4.35. The molecule has 1 saturated carbocycles. The van der Waals surface area contributed by atoms with Crippen LogP contribution in [0.1, 0.15) is 18.4 Å². The monoisotopic (exact) mass is 420 g/mol. The van der Waals surface area contributed by atoms with Gasteiger partial charge in [-0.05, 0) is 42.7 Å². The number of carbonyl (C=O) groups excluding carboxylic acids is 2. The predicted molar refractivity (Wildman–Crippen MR) is 105 cm³/mol. The van der Waals surface area contributed by atoms with Crippen molar-refractivity contribution in [2.75, 3.05) is 19.0 Å². The summed E-state index contributed by atoms with van der Waals surface area (Å²) in [5.41, 5.74) is 1.17. The summed E-state index contributed by atoms with van der Waals surface area (Å²) in [5.74, 6) is 0.179. The third-order valence-electron chi connectivity index (χ3n) is 4.35. The van der Waals surface area contributed by atoms with Crippen molar-refractivity contribution in [3.05, 3.63) is 48.0 Å². The number of amides is 2. The second-order valence-electron chi connectivity index (χ2n) is 6.72. The first-order valence-corrected chi connectivity index (χ1v) is 9.36. The fraction of sp³-hybridized carbons (Fsp3) is 0.333. The Kier molecular flexibility index (Phi) is 7.05. The van der Waals surface area contributed by atoms with E-state index in [1.165, 1.54) is 19.2 Å². The van der Waals surface area contributed by atoms with Crippen molar-refractivity contribution >= 4 is 17.5 Å². The van der Waals surface area contributed by atoms with Crippen molar-refractivity contribution in [1.29, 1.82) is 0 Å². The van der Waals surface area contributed by atoms with Crippen LogP contribution in [0.5, 0.6) is 17.2 Å². The summed E-state index contributed by atoms with van der Waals surface area (Å²) in [6.45, 7) is -3.12. The molecule has 0 heterocycles. The second kappa shape index (κ2) is 9.91. The van der Waals surface area contributed by atoms with Gasteiger partial charge in [0.2, 0.25) is 5.91 Å². The average Bonchev–Trinajstić information content (AvgIpc) is 3.56. The van der Waals surface area contributed by atoms with Crippen LogP contribution in [0.3, 0.4) is 0 Å². The van der Waals surface area contributed by atoms with E-state index >= 15 is 0 Å². The number of ether oxygens (including phenoxy) is 3. The van der Waals surface area contributed by atoms with Crippen molar-refractivity contribution < 1.29 is 32.6 Å². The minimum Gasteiger partial charge on any atom is -0.493 e. The molecule has 3 rings (SSSR count). The quantitative estimate of drug-likeness (QED) is 0.616. The second-order valence-corrected chi connectivity index (χ2v) is 6.72. The van der Waals surface area contributed by atoms with E-state index in [-0.39, 0.29) is 36.5 Å². The molecule has 0 bridgehead atoms. The van der Waals surface area contributed by atoms with Gasteiger partial charge in [0.25, 0.3) is 5.91 Å². The van der Waals surface area contributed by atoms with E-state index in [9.17, 15) is 18.4 Å². The fourth-order valence-corrected chi connectivity index (χ4v) is 2.67. The standard InChI is InChI=1S/C21H22F2N2O5/c1-28-17-8-5-13(9-18(17)30-21(22)23)11-24-19(26)12-29-16-4-2-3-15(10-16)25-20(27)14-6-7-14/h2-5,8-10,14,21H,6-7,11-12H2,1H3,(H,24,26)(H,25,27). The number of hydrogen-bond donors (Lipinski definition) is 2. The number of anilines is 1. The Bertz CT molecular complexity index is 903. The van der Waals surface area contributed by atoms with E-state index in [2.05, 4.69) is 15.4 Å². The van der Waals surface area contributed by atoms with Crippen molar-refractivity contribution in [2.45, 2.75) is 26.0 Å². The predicted octanol–water partition coefficient (Wildman–Crippen LogP) is 3.34. The maximum atomic E-state index is 12.5. The lowest BCUT2D eigenvalue weighted by atomic mass is 10.2. The molecule has 9 heteroatoms. The maximum absolute atomic E-state index is 12.5. The molecule has 1 aliphatic carbocycles. The van der Waals surface area contributed by atoms with E-state index in [4.69, 9.17) is 9.47 Å². The summed E-state index contributed by atoms with van der Waals surface area (Å²) in [7, 11) is 1.35. The highest BCUT2D eigenvalue weighted by atomic mass is 19.3. The molecule has 2 N–H and O–H groups in total. The van der Waals surface area contributed by atoms with Crippen LogP contribution < -0.4 is 24.8 Å². The molecule has 0 aromatic heterocycles. The van der Waals surface area contributed by atoms with Crippen molar-refractivity contribution in [2.24, 2.45) is 5.92 Å². The Hall–Kier alpha value is -3.36. The molecular formula is C21H22F2N2O5. The first-order valence-electron chi connectivity index (χ1n) is 9.36. The molecule has 0 atom stereocenters. The van der Waals surface area contributed by atoms with Crippen LogP contribution in [0.4, 0.5) is 14.5 Å². The highest BCUT2D eigenvalue weighted by Crippen LogP contribution is 2.31. The Balaban J connectivity index is 1.48. The number of alkyl halides is 2. The van der Waals surface area contributed by atoms with E-state index in [0.717, 1.165) is 12.8 Å². The van der Waals surface area contributed by atoms with Gasteiger partial charge in [-0.3, -0.25) is 9.59 Å². The van der Waals surface area contributed by atoms with Crippen LogP contribution >= 0.6 is 0 Å². The van der Waals surface area contributed by atoms with Gasteiger partial charge in [-0.2, -0.15) is 8.78 Å². The molecular weight excluding hydrogens is 398 g/mol. The van der Waals surface area contributed by atoms with Crippen molar-refractivity contribution in [3.8, 4) is 17.2 Å². The maximum Gasteiger partial charge on any atom is 0.387 e. The van der Waals surface area contributed by atoms with Crippen molar-refractivity contribution in [1.82, 2.24) is 5.32 Å². The highest BCUT2D eigenvalue weighted by molar-refractivity contribution is 5.94. The highest BCUT2D eigenvalue weighted by Gasteiger charge is 2.29. The molecule has 7 nitrogen and oxygen atoms in total. The van der Waals surface area contributed by atoms with Gasteiger partial charge in [0.15, 0.2) is 18.1 Å². The van der Waals surface area contributed by atoms with E-state index in [0.29, 0.717) is 17.0 Å². The Labute approximate surface area is 172 Å². The van der Waals surface area contributed by atoms with Gasteiger partial charge in [0.05, 0.1) is 7.11 Å². The minimum absolute atomic E-state index is 0.0143. The molecule has 0 saturated heterocycles. The normalized spacial score (nSPS) is 12.9. The van der Waals surface area contributed by atoms with Crippen molar-refractivity contribution in [3.63, 3.8) is 0 Å². The molecule has 0 radical (unpaired) electrons. The molecule has 1 fully saturated rings. The number of carbonyl (C=O) groups is 2. The van der Waals surface area contributed by atoms with Crippen LogP contribution in [0.25, 0.3) is 0 Å². The number of benzene rings is 2. The first kappa shape index (κ1) is 21.4. The van der Waals surface area contributed by atoms with Crippen LogP contribution in [0.15, 0.2) is 42.5 Å². The number of nitrogens with one attached hydrogen (secondary N) is 2. The van der Waals surface area contributed by atoms with Gasteiger partial charge in [-0.25, -0.2) is 0 Å². The largest absolute Gasteiger partial charge is 0.493 e. The van der Waals surface area contributed by atoms with E-state index in [1.54, 1.807) is 30.3 Å². The van der Waals surface area contributed by atoms with Gasteiger partial charge >= 0.3 is 6.61 Å². The van der Waals surface area contributed by atoms with Gasteiger partial charge in [-0.1, -0.05) is 12.1 Å². The van der Waals surface area contributed by atoms with Gasteiger partial charge in [0, 0.05) is 24.2 Å². The van der Waals surface area contributed by atoms with Gasteiger partial charge in [0.1, 0.15) is 5.75 Å². The van der Waals surface area contributed by atoms with Gasteiger partial charge in [-0.15, -0.1) is 0 Å². The van der Waals surface area contributed by atoms with Crippen LogP contribution in [-0.2, 0) is 16.1 Å². The summed E-state index contributed by atoms with van der Waals surface area (Å²) >= 11 is 0. The topological polar surface area (TPSA) is 85.9 Å². The zero-order chi connectivity index (χ0) is 21.5. The number of hydrogen-bond acceptors (Lipinski definition) is 5. The molecule has 1 aliphatic rings. The average molecular weight is 420 g/mol. The fourth-order valence-electron chi connectivity index (χ4n) is 2.67. The third kappa shape index (κ3) is 6.33. The zero-order valence-electron chi connectivity index (χ0n) is 16.3. The molecule has 0 spiro atoms. The number of rotatable bonds is 10. The van der Waals surface area contributed by atoms with E-state index in [1.807, 2.05) is 0 Å². The summed E-state index contributed by atoms with van der Waals surface area (Å²) in [6.07, 6.45) is 1.82. The summed E-state index contributed by atoms with van der Waals surface area (Å²) in [4.78, 5) is 23.9. The van der Waals surface area contributed by atoms with Crippen LogP contribution in [0.2, 0.25) is 0 Å². The SMILES string of the molecule is COc1ccc(CNC(=O)COc2cccc(NC(=O)C3CC3)c2)cc1OC(F)F. The smallest absolute Gasteiger partial charge is 0.387 e. The lowest BCUT2D eigenvalue weighted by molar-refractivity contribution is -0.123. The zero-order valence-corrected chi connectivity index (χ0v) is 16.3. The first-order chi connectivity index (χ1) is 14.4. The molecule has 30 heavy (non-hydrogen) atoms. The van der Waals surface area contributed by atoms with E-state index < -0.39 is 12.5 Å². The minimum atomic E-state index is -2.98. The Morgan fingerprint density at radius 3 is 2.63 bits per heavy atom. The Morgan fingerprint density at radius 1 is 1.13 bits per heavy atom. The number of halogens is 2. The molecule has 2 aromatic rings. The van der Waals surface area contributed by atoms with Crippen LogP contribution in [-0.4, -0.2) is 32.1 Å². The summed E-state index contributed by atoms with van der Waals surface area (Å²) < 4.78 is 39.8. The lowest BCUT2D eigenvalue weighted by Crippen LogP contribution is -2.28. The number of methoxy groups -OCH3 is 1.